The Morgan fingerprint density at radius 2 is 2.11 bits per heavy atom. The highest BCUT2D eigenvalue weighted by Crippen LogP contribution is 2.26. The van der Waals surface area contributed by atoms with E-state index in [0.29, 0.717) is 12.2 Å². The van der Waals surface area contributed by atoms with Crippen LogP contribution in [0.1, 0.15) is 50.5 Å². The molecule has 1 aromatic carbocycles. The van der Waals surface area contributed by atoms with Gasteiger partial charge in [-0.2, -0.15) is 0 Å². The van der Waals surface area contributed by atoms with Crippen LogP contribution in [-0.2, 0) is 4.79 Å². The maximum atomic E-state index is 11.3. The molecule has 1 aromatic rings. The summed E-state index contributed by atoms with van der Waals surface area (Å²) in [4.78, 5) is 11.3. The van der Waals surface area contributed by atoms with Gasteiger partial charge in [-0.15, -0.1) is 0 Å². The van der Waals surface area contributed by atoms with Crippen LogP contribution in [0.2, 0.25) is 0 Å². The third kappa shape index (κ3) is 4.40. The van der Waals surface area contributed by atoms with Crippen molar-refractivity contribution in [3.8, 4) is 5.75 Å². The lowest BCUT2D eigenvalue weighted by Gasteiger charge is -2.13. The van der Waals surface area contributed by atoms with Gasteiger partial charge in [0.1, 0.15) is 5.75 Å². The van der Waals surface area contributed by atoms with E-state index in [-0.39, 0.29) is 0 Å². The van der Waals surface area contributed by atoms with Gasteiger partial charge in [0.2, 0.25) is 0 Å². The van der Waals surface area contributed by atoms with Gasteiger partial charge in [0.05, 0.1) is 13.0 Å². The SMILES string of the molecule is CCCCCC[C@H](C(=O)O)c1cccc(OC)c1. The van der Waals surface area contributed by atoms with Crippen molar-refractivity contribution in [1.82, 2.24) is 0 Å². The van der Waals surface area contributed by atoms with Crippen LogP contribution in [0.25, 0.3) is 0 Å². The van der Waals surface area contributed by atoms with Crippen molar-refractivity contribution in [2.75, 3.05) is 7.11 Å². The summed E-state index contributed by atoms with van der Waals surface area (Å²) in [6.07, 6.45) is 5.09. The Morgan fingerprint density at radius 3 is 2.72 bits per heavy atom. The number of unbranched alkanes of at least 4 members (excludes halogenated alkanes) is 3. The molecule has 0 aliphatic heterocycles. The predicted molar refractivity (Wildman–Crippen MR) is 72.1 cm³/mol. The van der Waals surface area contributed by atoms with Crippen molar-refractivity contribution in [2.24, 2.45) is 0 Å². The number of hydrogen-bond donors (Lipinski definition) is 1. The van der Waals surface area contributed by atoms with E-state index in [1.807, 2.05) is 24.3 Å². The molecule has 18 heavy (non-hydrogen) atoms. The van der Waals surface area contributed by atoms with Crippen LogP contribution in [0.4, 0.5) is 0 Å². The molecule has 0 radical (unpaired) electrons. The van der Waals surface area contributed by atoms with Crippen LogP contribution >= 0.6 is 0 Å². The van der Waals surface area contributed by atoms with E-state index < -0.39 is 11.9 Å². The third-order valence-electron chi connectivity index (χ3n) is 3.14. The van der Waals surface area contributed by atoms with E-state index in [0.717, 1.165) is 24.8 Å². The molecule has 0 heterocycles. The number of carbonyl (C=O) groups is 1. The summed E-state index contributed by atoms with van der Waals surface area (Å²) in [6.45, 7) is 2.15. The van der Waals surface area contributed by atoms with Crippen molar-refractivity contribution >= 4 is 5.97 Å². The summed E-state index contributed by atoms with van der Waals surface area (Å²) < 4.78 is 5.13. The maximum absolute atomic E-state index is 11.3. The minimum Gasteiger partial charge on any atom is -0.497 e. The standard InChI is InChI=1S/C15H22O3/c1-3-4-5-6-10-14(15(16)17)12-8-7-9-13(11-12)18-2/h7-9,11,14H,3-6,10H2,1-2H3,(H,16,17)/t14-/m0/s1. The lowest BCUT2D eigenvalue weighted by atomic mass is 9.93. The Hall–Kier alpha value is -1.51. The number of aliphatic carboxylic acids is 1. The summed E-state index contributed by atoms with van der Waals surface area (Å²) in [5.74, 6) is -0.455. The molecule has 3 nitrogen and oxygen atoms in total. The summed E-state index contributed by atoms with van der Waals surface area (Å²) in [6, 6.07) is 7.36. The van der Waals surface area contributed by atoms with Crippen LogP contribution in [0.5, 0.6) is 5.75 Å². The Balaban J connectivity index is 2.68. The zero-order valence-corrected chi connectivity index (χ0v) is 11.2. The van der Waals surface area contributed by atoms with Crippen molar-refractivity contribution in [3.05, 3.63) is 29.8 Å². The predicted octanol–water partition coefficient (Wildman–Crippen LogP) is 3.83. The van der Waals surface area contributed by atoms with Crippen molar-refractivity contribution < 1.29 is 14.6 Å². The number of methoxy groups -OCH3 is 1. The van der Waals surface area contributed by atoms with E-state index in [2.05, 4.69) is 6.92 Å². The van der Waals surface area contributed by atoms with Gasteiger partial charge in [-0.25, -0.2) is 0 Å². The van der Waals surface area contributed by atoms with Crippen LogP contribution in [-0.4, -0.2) is 18.2 Å². The largest absolute Gasteiger partial charge is 0.497 e. The highest BCUT2D eigenvalue weighted by molar-refractivity contribution is 5.76. The summed E-state index contributed by atoms with van der Waals surface area (Å²) in [5, 5.41) is 9.31. The van der Waals surface area contributed by atoms with Gasteiger partial charge < -0.3 is 9.84 Å². The molecule has 0 bridgehead atoms. The molecule has 0 spiro atoms. The van der Waals surface area contributed by atoms with Gasteiger partial charge in [-0.1, -0.05) is 44.7 Å². The summed E-state index contributed by atoms with van der Waals surface area (Å²) in [5.41, 5.74) is 0.832. The first-order chi connectivity index (χ1) is 8.69. The zero-order chi connectivity index (χ0) is 13.4. The average Bonchev–Trinajstić information content (AvgIpc) is 2.38. The summed E-state index contributed by atoms with van der Waals surface area (Å²) in [7, 11) is 1.59. The maximum Gasteiger partial charge on any atom is 0.310 e. The van der Waals surface area contributed by atoms with Gasteiger partial charge in [0.15, 0.2) is 0 Å². The van der Waals surface area contributed by atoms with E-state index in [4.69, 9.17) is 4.74 Å². The molecule has 1 atom stereocenters. The van der Waals surface area contributed by atoms with Crippen molar-refractivity contribution in [3.63, 3.8) is 0 Å². The second-order valence-electron chi connectivity index (χ2n) is 4.52. The molecule has 1 rings (SSSR count). The number of rotatable bonds is 8. The van der Waals surface area contributed by atoms with Gasteiger partial charge in [-0.3, -0.25) is 4.79 Å². The first-order valence-corrected chi connectivity index (χ1v) is 6.55. The Morgan fingerprint density at radius 1 is 1.33 bits per heavy atom. The Labute approximate surface area is 109 Å². The second-order valence-corrected chi connectivity index (χ2v) is 4.52. The van der Waals surface area contributed by atoms with Crippen LogP contribution < -0.4 is 4.74 Å². The molecule has 1 N–H and O–H groups in total. The molecule has 0 fully saturated rings. The second kappa shape index (κ2) is 7.75. The molecule has 0 unspecified atom stereocenters. The number of carboxylic acids is 1. The molecular formula is C15H22O3. The quantitative estimate of drug-likeness (QED) is 0.713. The van der Waals surface area contributed by atoms with Crippen molar-refractivity contribution in [1.29, 1.82) is 0 Å². The normalized spacial score (nSPS) is 12.1. The van der Waals surface area contributed by atoms with Gasteiger partial charge >= 0.3 is 5.97 Å². The smallest absolute Gasteiger partial charge is 0.310 e. The molecule has 3 heteroatoms. The third-order valence-corrected chi connectivity index (χ3v) is 3.14. The Kier molecular flexibility index (Phi) is 6.26. The van der Waals surface area contributed by atoms with Crippen LogP contribution in [0.3, 0.4) is 0 Å². The molecule has 0 aliphatic rings. The molecule has 0 amide bonds. The van der Waals surface area contributed by atoms with E-state index in [1.165, 1.54) is 6.42 Å². The minimum absolute atomic E-state index is 0.419. The van der Waals surface area contributed by atoms with E-state index >= 15 is 0 Å². The van der Waals surface area contributed by atoms with Gasteiger partial charge in [0.25, 0.3) is 0 Å². The van der Waals surface area contributed by atoms with Crippen molar-refractivity contribution in [2.45, 2.75) is 44.9 Å². The van der Waals surface area contributed by atoms with Crippen LogP contribution in [0.15, 0.2) is 24.3 Å². The van der Waals surface area contributed by atoms with Crippen LogP contribution in [0, 0.1) is 0 Å². The molecule has 0 saturated carbocycles. The fraction of sp³-hybridized carbons (Fsp3) is 0.533. The first kappa shape index (κ1) is 14.6. The molecular weight excluding hydrogens is 228 g/mol. The molecule has 0 aliphatic carbocycles. The number of hydrogen-bond acceptors (Lipinski definition) is 2. The highest BCUT2D eigenvalue weighted by Gasteiger charge is 2.19. The fourth-order valence-corrected chi connectivity index (χ4v) is 2.07. The Bertz CT molecular complexity index is 374. The lowest BCUT2D eigenvalue weighted by Crippen LogP contribution is -2.11. The van der Waals surface area contributed by atoms with E-state index in [9.17, 15) is 9.90 Å². The number of carboxylic acid groups (broad SMARTS) is 1. The van der Waals surface area contributed by atoms with Gasteiger partial charge in [-0.05, 0) is 24.1 Å². The number of benzene rings is 1. The average molecular weight is 250 g/mol. The van der Waals surface area contributed by atoms with Gasteiger partial charge in [0, 0.05) is 0 Å². The monoisotopic (exact) mass is 250 g/mol. The minimum atomic E-state index is -0.750. The highest BCUT2D eigenvalue weighted by atomic mass is 16.5. The first-order valence-electron chi connectivity index (χ1n) is 6.55. The molecule has 0 aromatic heterocycles. The molecule has 0 saturated heterocycles. The fourth-order valence-electron chi connectivity index (χ4n) is 2.07. The topological polar surface area (TPSA) is 46.5 Å². The number of ether oxygens (including phenoxy) is 1. The van der Waals surface area contributed by atoms with E-state index in [1.54, 1.807) is 7.11 Å². The lowest BCUT2D eigenvalue weighted by molar-refractivity contribution is -0.139. The summed E-state index contributed by atoms with van der Waals surface area (Å²) >= 11 is 0. The molecule has 100 valence electrons. The zero-order valence-electron chi connectivity index (χ0n) is 11.2.